The van der Waals surface area contributed by atoms with Crippen LogP contribution in [0.4, 0.5) is 0 Å². The van der Waals surface area contributed by atoms with Crippen molar-refractivity contribution in [3.8, 4) is 44.6 Å². The molecule has 0 radical (unpaired) electrons. The highest BCUT2D eigenvalue weighted by Crippen LogP contribution is 2.38. The zero-order valence-corrected chi connectivity index (χ0v) is 24.9. The maximum atomic E-state index is 5.26. The van der Waals surface area contributed by atoms with Gasteiger partial charge in [0.05, 0.1) is 27.8 Å². The van der Waals surface area contributed by atoms with Crippen molar-refractivity contribution in [2.24, 2.45) is 0 Å². The van der Waals surface area contributed by atoms with Gasteiger partial charge in [0.25, 0.3) is 0 Å². The highest BCUT2D eigenvalue weighted by molar-refractivity contribution is 6.16. The van der Waals surface area contributed by atoms with E-state index in [9.17, 15) is 0 Å². The van der Waals surface area contributed by atoms with E-state index in [-0.39, 0.29) is 0 Å². The number of benzene rings is 6. The van der Waals surface area contributed by atoms with Crippen molar-refractivity contribution >= 4 is 43.6 Å². The molecule has 3 heteroatoms. The Morgan fingerprint density at radius 2 is 1.07 bits per heavy atom. The molecule has 3 heterocycles. The number of rotatable bonds is 4. The van der Waals surface area contributed by atoms with Crippen LogP contribution in [0.5, 0.6) is 0 Å². The fourth-order valence-electron chi connectivity index (χ4n) is 6.58. The first-order valence-corrected chi connectivity index (χ1v) is 15.5. The number of para-hydroxylation sites is 1. The molecule has 0 atom stereocenters. The number of hydrogen-bond acceptors (Lipinski definition) is 3. The third kappa shape index (κ3) is 4.49. The summed E-state index contributed by atoms with van der Waals surface area (Å²) in [6, 6.07) is 55.6. The summed E-state index contributed by atoms with van der Waals surface area (Å²) in [6.07, 6.45) is 1.83. The van der Waals surface area contributed by atoms with Crippen molar-refractivity contribution in [3.05, 3.63) is 164 Å². The van der Waals surface area contributed by atoms with Crippen LogP contribution in [0.1, 0.15) is 0 Å². The molecule has 9 aromatic rings. The van der Waals surface area contributed by atoms with Gasteiger partial charge in [0.15, 0.2) is 0 Å². The summed E-state index contributed by atoms with van der Waals surface area (Å²) in [7, 11) is 0. The second kappa shape index (κ2) is 10.8. The van der Waals surface area contributed by atoms with Gasteiger partial charge >= 0.3 is 0 Å². The Kier molecular flexibility index (Phi) is 6.14. The Morgan fingerprint density at radius 3 is 1.93 bits per heavy atom. The summed E-state index contributed by atoms with van der Waals surface area (Å²) in [4.78, 5) is 14.9. The fraction of sp³-hybridized carbons (Fsp3) is 0. The van der Waals surface area contributed by atoms with Gasteiger partial charge in [0.2, 0.25) is 0 Å². The molecule has 6 aromatic carbocycles. The Bertz CT molecular complexity index is 2570. The molecule has 0 unspecified atom stereocenters. The second-order valence-corrected chi connectivity index (χ2v) is 11.7. The van der Waals surface area contributed by atoms with Gasteiger partial charge in [-0.05, 0) is 64.2 Å². The van der Waals surface area contributed by atoms with Crippen LogP contribution in [-0.2, 0) is 0 Å². The number of pyridine rings is 3. The van der Waals surface area contributed by atoms with Crippen LogP contribution >= 0.6 is 0 Å². The van der Waals surface area contributed by atoms with E-state index in [1.807, 2.05) is 12.3 Å². The van der Waals surface area contributed by atoms with E-state index < -0.39 is 0 Å². The van der Waals surface area contributed by atoms with Crippen LogP contribution in [0.2, 0.25) is 0 Å². The minimum atomic E-state index is 0.915. The molecular formula is C43H27N3. The Hall–Kier alpha value is -6.19. The lowest BCUT2D eigenvalue weighted by Crippen LogP contribution is -1.93. The molecule has 3 aromatic heterocycles. The summed E-state index contributed by atoms with van der Waals surface area (Å²) in [6.45, 7) is 0. The average Bonchev–Trinajstić information content (AvgIpc) is 3.14. The van der Waals surface area contributed by atoms with Crippen LogP contribution in [-0.4, -0.2) is 15.0 Å². The molecule has 0 spiro atoms. The minimum absolute atomic E-state index is 0.915. The summed E-state index contributed by atoms with van der Waals surface area (Å²) in [5, 5.41) is 4.48. The first-order valence-electron chi connectivity index (χ1n) is 15.5. The normalized spacial score (nSPS) is 11.5. The highest BCUT2D eigenvalue weighted by atomic mass is 14.8. The van der Waals surface area contributed by atoms with E-state index in [4.69, 9.17) is 9.97 Å². The van der Waals surface area contributed by atoms with Gasteiger partial charge in [-0.25, -0.2) is 9.97 Å². The molecule has 0 aliphatic rings. The van der Waals surface area contributed by atoms with E-state index in [0.717, 1.165) is 60.4 Å². The molecule has 0 bridgehead atoms. The van der Waals surface area contributed by atoms with Gasteiger partial charge in [-0.3, -0.25) is 4.98 Å². The van der Waals surface area contributed by atoms with Crippen molar-refractivity contribution < 1.29 is 0 Å². The van der Waals surface area contributed by atoms with E-state index in [1.165, 1.54) is 27.8 Å². The number of nitrogens with zero attached hydrogens (tertiary/aromatic N) is 3. The molecule has 0 fully saturated rings. The fourth-order valence-corrected chi connectivity index (χ4v) is 6.58. The summed E-state index contributed by atoms with van der Waals surface area (Å²) in [5.74, 6) is 0. The lowest BCUT2D eigenvalue weighted by atomic mass is 9.95. The molecule has 214 valence electrons. The third-order valence-corrected chi connectivity index (χ3v) is 8.89. The van der Waals surface area contributed by atoms with Gasteiger partial charge in [-0.15, -0.1) is 0 Å². The lowest BCUT2D eigenvalue weighted by Gasteiger charge is -2.13. The molecule has 0 saturated heterocycles. The average molecular weight is 586 g/mol. The predicted octanol–water partition coefficient (Wildman–Crippen LogP) is 11.2. The number of hydrogen-bond donors (Lipinski definition) is 0. The summed E-state index contributed by atoms with van der Waals surface area (Å²) >= 11 is 0. The van der Waals surface area contributed by atoms with Gasteiger partial charge in [-0.1, -0.05) is 121 Å². The Labute approximate surface area is 266 Å². The van der Waals surface area contributed by atoms with Gasteiger partial charge in [-0.2, -0.15) is 0 Å². The summed E-state index contributed by atoms with van der Waals surface area (Å²) in [5.41, 5.74) is 12.9. The first-order chi connectivity index (χ1) is 22.8. The van der Waals surface area contributed by atoms with Gasteiger partial charge in [0.1, 0.15) is 0 Å². The molecule has 0 aliphatic carbocycles. The van der Waals surface area contributed by atoms with Crippen molar-refractivity contribution in [1.29, 1.82) is 0 Å². The van der Waals surface area contributed by atoms with Crippen LogP contribution in [0.15, 0.2) is 164 Å². The van der Waals surface area contributed by atoms with E-state index in [1.54, 1.807) is 0 Å². The third-order valence-electron chi connectivity index (χ3n) is 8.89. The predicted molar refractivity (Wildman–Crippen MR) is 192 cm³/mol. The van der Waals surface area contributed by atoms with Crippen molar-refractivity contribution in [1.82, 2.24) is 15.0 Å². The molecule has 0 saturated carbocycles. The highest BCUT2D eigenvalue weighted by Gasteiger charge is 2.15. The first kappa shape index (κ1) is 26.2. The number of fused-ring (bicyclic) bond motifs is 5. The topological polar surface area (TPSA) is 38.7 Å². The zero-order valence-electron chi connectivity index (χ0n) is 24.9. The molecule has 46 heavy (non-hydrogen) atoms. The van der Waals surface area contributed by atoms with E-state index >= 15 is 0 Å². The van der Waals surface area contributed by atoms with E-state index in [0.29, 0.717) is 0 Å². The molecule has 0 amide bonds. The Morgan fingerprint density at radius 1 is 0.348 bits per heavy atom. The molecule has 0 aliphatic heterocycles. The standard InChI is InChI=1S/C43H27N3/c1-2-8-30(9-3-1)41-36-13-4-5-14-40(36)46-43-37(41)22-19-31-20-24-39(45-42(31)43)35-11-6-10-32(26-35)28-15-17-29(18-16-28)33-21-23-38-34(27-33)12-7-25-44-38/h1-27H. The van der Waals surface area contributed by atoms with Crippen LogP contribution in [0.25, 0.3) is 88.2 Å². The van der Waals surface area contributed by atoms with Crippen molar-refractivity contribution in [2.75, 3.05) is 0 Å². The largest absolute Gasteiger partial charge is 0.256 e. The SMILES string of the molecule is c1ccc(-c2c3ccccc3nc3c2ccc2ccc(-c4cccc(-c5ccc(-c6ccc7ncccc7c6)cc5)c4)nc23)cc1. The minimum Gasteiger partial charge on any atom is -0.256 e. The maximum Gasteiger partial charge on any atom is 0.0978 e. The molecule has 3 nitrogen and oxygen atoms in total. The van der Waals surface area contributed by atoms with Gasteiger partial charge < -0.3 is 0 Å². The van der Waals surface area contributed by atoms with Crippen LogP contribution in [0.3, 0.4) is 0 Å². The zero-order chi connectivity index (χ0) is 30.5. The quantitative estimate of drug-likeness (QED) is 0.152. The maximum absolute atomic E-state index is 5.26. The molecule has 0 N–H and O–H groups in total. The van der Waals surface area contributed by atoms with Crippen molar-refractivity contribution in [3.63, 3.8) is 0 Å². The summed E-state index contributed by atoms with van der Waals surface area (Å²) < 4.78 is 0. The van der Waals surface area contributed by atoms with Crippen LogP contribution in [0, 0.1) is 0 Å². The second-order valence-electron chi connectivity index (χ2n) is 11.7. The smallest absolute Gasteiger partial charge is 0.0978 e. The van der Waals surface area contributed by atoms with Crippen LogP contribution < -0.4 is 0 Å². The van der Waals surface area contributed by atoms with Crippen molar-refractivity contribution in [2.45, 2.75) is 0 Å². The Balaban J connectivity index is 1.13. The molecule has 9 rings (SSSR count). The van der Waals surface area contributed by atoms with E-state index in [2.05, 4.69) is 157 Å². The van der Waals surface area contributed by atoms with Gasteiger partial charge in [0, 0.05) is 38.9 Å². The lowest BCUT2D eigenvalue weighted by molar-refractivity contribution is 1.39. The number of aromatic nitrogens is 3. The monoisotopic (exact) mass is 585 g/mol. The molecular weight excluding hydrogens is 558 g/mol.